The van der Waals surface area contributed by atoms with Gasteiger partial charge in [0.15, 0.2) is 12.4 Å². The minimum atomic E-state index is -3.38. The Bertz CT molecular complexity index is 1340. The Balaban J connectivity index is 1.34. The number of benzene rings is 2. The van der Waals surface area contributed by atoms with E-state index in [1.165, 1.54) is 4.31 Å². The van der Waals surface area contributed by atoms with Gasteiger partial charge in [0, 0.05) is 12.1 Å². The molecule has 184 valence electrons. The van der Waals surface area contributed by atoms with Crippen LogP contribution in [-0.2, 0) is 27.8 Å². The number of rotatable bonds is 8. The summed E-state index contributed by atoms with van der Waals surface area (Å²) in [6.45, 7) is 3.94. The monoisotopic (exact) mass is 498 g/mol. The third-order valence-electron chi connectivity index (χ3n) is 5.87. The van der Waals surface area contributed by atoms with Crippen LogP contribution in [0.25, 0.3) is 0 Å². The number of ketones is 1. The van der Waals surface area contributed by atoms with Crippen LogP contribution in [-0.4, -0.2) is 44.7 Å². The molecule has 2 heterocycles. The number of ether oxygens (including phenoxy) is 2. The van der Waals surface area contributed by atoms with E-state index in [2.05, 4.69) is 5.16 Å². The summed E-state index contributed by atoms with van der Waals surface area (Å²) < 4.78 is 41.4. The molecule has 1 aliphatic heterocycles. The van der Waals surface area contributed by atoms with Crippen LogP contribution in [0, 0.1) is 13.8 Å². The predicted molar refractivity (Wildman–Crippen MR) is 128 cm³/mol. The molecule has 0 fully saturated rings. The second-order valence-corrected chi connectivity index (χ2v) is 10.3. The van der Waals surface area contributed by atoms with E-state index in [0.717, 1.165) is 23.1 Å². The molecule has 35 heavy (non-hydrogen) atoms. The number of Topliss-reactive ketones (excluding diaryl/α,β-unsaturated/α-hetero) is 1. The van der Waals surface area contributed by atoms with Gasteiger partial charge in [-0.2, -0.15) is 0 Å². The predicted octanol–water partition coefficient (Wildman–Crippen LogP) is 3.62. The maximum absolute atomic E-state index is 12.6. The maximum Gasteiger partial charge on any atom is 0.338 e. The second-order valence-electron chi connectivity index (χ2n) is 8.40. The van der Waals surface area contributed by atoms with Crippen LogP contribution in [0.5, 0.6) is 5.75 Å². The number of carbonyl (C=O) groups is 2. The molecule has 10 heteroatoms. The van der Waals surface area contributed by atoms with Gasteiger partial charge >= 0.3 is 5.97 Å². The normalized spacial score (nSPS) is 13.3. The lowest BCUT2D eigenvalue weighted by molar-refractivity contribution is 0.0474. The molecule has 4 rings (SSSR count). The molecule has 0 saturated heterocycles. The fraction of sp³-hybridized carbons (Fsp3) is 0.320. The zero-order chi connectivity index (χ0) is 25.2. The molecule has 0 bridgehead atoms. The van der Waals surface area contributed by atoms with Crippen LogP contribution in [0.3, 0.4) is 0 Å². The van der Waals surface area contributed by atoms with Crippen LogP contribution in [0.4, 0.5) is 5.69 Å². The number of esters is 1. The summed E-state index contributed by atoms with van der Waals surface area (Å²) in [5.74, 6) is 0.266. The molecule has 1 aromatic heterocycles. The summed E-state index contributed by atoms with van der Waals surface area (Å²) in [6.07, 6.45) is 2.51. The number of hydrogen-bond donors (Lipinski definition) is 0. The molecule has 2 aromatic carbocycles. The Morgan fingerprint density at radius 3 is 2.46 bits per heavy atom. The lowest BCUT2D eigenvalue weighted by Gasteiger charge is -2.29. The second kappa shape index (κ2) is 9.91. The van der Waals surface area contributed by atoms with E-state index in [0.29, 0.717) is 48.8 Å². The van der Waals surface area contributed by atoms with Crippen molar-refractivity contribution in [3.8, 4) is 5.75 Å². The molecule has 0 amide bonds. The first-order valence-electron chi connectivity index (χ1n) is 11.1. The van der Waals surface area contributed by atoms with Gasteiger partial charge in [-0.25, -0.2) is 13.2 Å². The first kappa shape index (κ1) is 24.5. The number of aryl methyl sites for hydroxylation is 3. The van der Waals surface area contributed by atoms with Crippen molar-refractivity contribution >= 4 is 27.5 Å². The molecule has 0 saturated carbocycles. The highest BCUT2D eigenvalue weighted by atomic mass is 32.2. The number of nitrogens with zero attached hydrogens (tertiary/aromatic N) is 2. The lowest BCUT2D eigenvalue weighted by atomic mass is 9.99. The van der Waals surface area contributed by atoms with Gasteiger partial charge in [0.2, 0.25) is 10.0 Å². The standard InChI is InChI=1S/C25H26N2O7S/c1-16-22(17(2)34-26-16)14-32-21-9-6-18(7-10-21)25(29)33-15-24(28)20-8-11-23-19(13-20)5-4-12-27(23)35(3,30)31/h6-11,13H,4-5,12,14-15H2,1-3H3. The maximum atomic E-state index is 12.6. The highest BCUT2D eigenvalue weighted by molar-refractivity contribution is 7.92. The summed E-state index contributed by atoms with van der Waals surface area (Å²) in [5.41, 5.74) is 3.67. The Morgan fingerprint density at radius 2 is 1.80 bits per heavy atom. The molecular formula is C25H26N2O7S. The SMILES string of the molecule is Cc1noc(C)c1COc1ccc(C(=O)OCC(=O)c2ccc3c(c2)CCCN3S(C)(=O)=O)cc1. The third kappa shape index (κ3) is 5.54. The van der Waals surface area contributed by atoms with E-state index >= 15 is 0 Å². The molecule has 1 aliphatic rings. The molecule has 0 N–H and O–H groups in total. The molecule has 0 aliphatic carbocycles. The van der Waals surface area contributed by atoms with Gasteiger partial charge in [0.1, 0.15) is 18.1 Å². The summed E-state index contributed by atoms with van der Waals surface area (Å²) in [4.78, 5) is 25.0. The van der Waals surface area contributed by atoms with Crippen LogP contribution < -0.4 is 9.04 Å². The Morgan fingerprint density at radius 1 is 1.09 bits per heavy atom. The van der Waals surface area contributed by atoms with Crippen LogP contribution in [0.1, 0.15) is 49.7 Å². The largest absolute Gasteiger partial charge is 0.489 e. The fourth-order valence-corrected chi connectivity index (χ4v) is 4.93. The molecule has 0 radical (unpaired) electrons. The number of fused-ring (bicyclic) bond motifs is 1. The van der Waals surface area contributed by atoms with Crippen molar-refractivity contribution < 1.29 is 32.0 Å². The van der Waals surface area contributed by atoms with E-state index < -0.39 is 22.6 Å². The summed E-state index contributed by atoms with van der Waals surface area (Å²) in [6, 6.07) is 11.3. The smallest absolute Gasteiger partial charge is 0.338 e. The van der Waals surface area contributed by atoms with E-state index in [1.807, 2.05) is 13.8 Å². The summed E-state index contributed by atoms with van der Waals surface area (Å²) in [5, 5.41) is 3.89. The van der Waals surface area contributed by atoms with Crippen molar-refractivity contribution in [2.75, 3.05) is 23.7 Å². The van der Waals surface area contributed by atoms with E-state index in [1.54, 1.807) is 42.5 Å². The molecule has 0 spiro atoms. The number of anilines is 1. The van der Waals surface area contributed by atoms with Gasteiger partial charge in [-0.05, 0) is 74.7 Å². The van der Waals surface area contributed by atoms with E-state index in [4.69, 9.17) is 14.0 Å². The van der Waals surface area contributed by atoms with Crippen molar-refractivity contribution in [2.45, 2.75) is 33.3 Å². The highest BCUT2D eigenvalue weighted by Crippen LogP contribution is 2.30. The molecule has 0 atom stereocenters. The minimum Gasteiger partial charge on any atom is -0.489 e. The Kier molecular flexibility index (Phi) is 6.93. The minimum absolute atomic E-state index is 0.289. The van der Waals surface area contributed by atoms with Crippen molar-refractivity contribution in [1.82, 2.24) is 5.16 Å². The Hall–Kier alpha value is -3.66. The van der Waals surface area contributed by atoms with Crippen LogP contribution in [0.15, 0.2) is 47.0 Å². The van der Waals surface area contributed by atoms with Crippen LogP contribution >= 0.6 is 0 Å². The van der Waals surface area contributed by atoms with Crippen molar-refractivity contribution in [2.24, 2.45) is 0 Å². The number of sulfonamides is 1. The van der Waals surface area contributed by atoms with Gasteiger partial charge in [0.25, 0.3) is 0 Å². The fourth-order valence-electron chi connectivity index (χ4n) is 3.93. The van der Waals surface area contributed by atoms with Crippen molar-refractivity contribution in [1.29, 1.82) is 0 Å². The first-order valence-corrected chi connectivity index (χ1v) is 12.9. The molecule has 9 nitrogen and oxygen atoms in total. The number of hydrogen-bond acceptors (Lipinski definition) is 8. The number of carbonyl (C=O) groups excluding carboxylic acids is 2. The molecule has 0 unspecified atom stereocenters. The topological polar surface area (TPSA) is 116 Å². The van der Waals surface area contributed by atoms with Crippen molar-refractivity contribution in [3.63, 3.8) is 0 Å². The lowest BCUT2D eigenvalue weighted by Crippen LogP contribution is -2.34. The zero-order valence-corrected chi connectivity index (χ0v) is 20.6. The van der Waals surface area contributed by atoms with Gasteiger partial charge < -0.3 is 14.0 Å². The average molecular weight is 499 g/mol. The van der Waals surface area contributed by atoms with Gasteiger partial charge in [-0.1, -0.05) is 5.16 Å². The zero-order valence-electron chi connectivity index (χ0n) is 19.7. The van der Waals surface area contributed by atoms with E-state index in [-0.39, 0.29) is 11.3 Å². The molecular weight excluding hydrogens is 472 g/mol. The van der Waals surface area contributed by atoms with Gasteiger partial charge in [-0.15, -0.1) is 0 Å². The third-order valence-corrected chi connectivity index (χ3v) is 7.05. The molecule has 3 aromatic rings. The van der Waals surface area contributed by atoms with Gasteiger partial charge in [0.05, 0.1) is 28.8 Å². The highest BCUT2D eigenvalue weighted by Gasteiger charge is 2.25. The van der Waals surface area contributed by atoms with E-state index in [9.17, 15) is 18.0 Å². The average Bonchev–Trinajstić information content (AvgIpc) is 3.16. The van der Waals surface area contributed by atoms with Crippen LogP contribution in [0.2, 0.25) is 0 Å². The van der Waals surface area contributed by atoms with Gasteiger partial charge in [-0.3, -0.25) is 9.10 Å². The Labute approximate surface area is 203 Å². The van der Waals surface area contributed by atoms with Crippen molar-refractivity contribution in [3.05, 3.63) is 76.2 Å². The first-order chi connectivity index (χ1) is 16.6. The number of aromatic nitrogens is 1. The summed E-state index contributed by atoms with van der Waals surface area (Å²) >= 11 is 0. The summed E-state index contributed by atoms with van der Waals surface area (Å²) in [7, 11) is -3.38. The quantitative estimate of drug-likeness (QED) is 0.342.